The van der Waals surface area contributed by atoms with Gasteiger partial charge in [0.15, 0.2) is 0 Å². The zero-order valence-corrected chi connectivity index (χ0v) is 14.1. The molecule has 3 unspecified atom stereocenters. The lowest BCUT2D eigenvalue weighted by Crippen LogP contribution is -2.29. The first-order valence-electron chi connectivity index (χ1n) is 7.71. The van der Waals surface area contributed by atoms with Crippen LogP contribution >= 0.6 is 23.2 Å². The predicted molar refractivity (Wildman–Crippen MR) is 95.9 cm³/mol. The van der Waals surface area contributed by atoms with E-state index < -0.39 is 0 Å². The number of benzene rings is 2. The topological polar surface area (TPSA) is 55.2 Å². The van der Waals surface area contributed by atoms with Gasteiger partial charge in [-0.2, -0.15) is 0 Å². The molecule has 6 heteroatoms. The summed E-state index contributed by atoms with van der Waals surface area (Å²) in [6, 6.07) is 10.4. The molecule has 2 aromatic carbocycles. The van der Waals surface area contributed by atoms with Crippen LogP contribution in [0, 0.1) is 16.0 Å². The molecule has 1 N–H and O–H groups in total. The Morgan fingerprint density at radius 2 is 1.96 bits per heavy atom. The molecule has 0 saturated carbocycles. The largest absolute Gasteiger partial charge is 0.376 e. The van der Waals surface area contributed by atoms with E-state index in [0.717, 1.165) is 17.7 Å². The molecule has 4 rings (SSSR count). The van der Waals surface area contributed by atoms with Crippen molar-refractivity contribution < 1.29 is 4.92 Å². The molecule has 122 valence electrons. The molecule has 2 aromatic rings. The van der Waals surface area contributed by atoms with Crippen molar-refractivity contribution in [2.24, 2.45) is 5.92 Å². The average molecular weight is 361 g/mol. The van der Waals surface area contributed by atoms with Gasteiger partial charge in [-0.05, 0) is 30.0 Å². The van der Waals surface area contributed by atoms with Gasteiger partial charge in [0, 0.05) is 17.0 Å². The smallest absolute Gasteiger partial charge is 0.274 e. The number of nitro benzene ring substituents is 1. The summed E-state index contributed by atoms with van der Waals surface area (Å²) in [5.74, 6) is 0.357. The van der Waals surface area contributed by atoms with Crippen LogP contribution < -0.4 is 5.32 Å². The van der Waals surface area contributed by atoms with Gasteiger partial charge >= 0.3 is 0 Å². The van der Waals surface area contributed by atoms with E-state index in [1.807, 2.05) is 18.2 Å². The highest BCUT2D eigenvalue weighted by Crippen LogP contribution is 2.53. The van der Waals surface area contributed by atoms with Crippen LogP contribution in [0.1, 0.15) is 29.5 Å². The molecule has 3 atom stereocenters. The van der Waals surface area contributed by atoms with Crippen molar-refractivity contribution >= 4 is 34.6 Å². The van der Waals surface area contributed by atoms with Gasteiger partial charge in [-0.15, -0.1) is 0 Å². The first-order chi connectivity index (χ1) is 11.6. The number of hydrogen-bond acceptors (Lipinski definition) is 3. The molecule has 4 nitrogen and oxygen atoms in total. The van der Waals surface area contributed by atoms with E-state index in [1.54, 1.807) is 18.2 Å². The summed E-state index contributed by atoms with van der Waals surface area (Å²) >= 11 is 12.6. The lowest BCUT2D eigenvalue weighted by Gasteiger charge is -2.37. The Kier molecular flexibility index (Phi) is 3.74. The third kappa shape index (κ3) is 2.38. The Bertz CT molecular complexity index is 866. The summed E-state index contributed by atoms with van der Waals surface area (Å²) in [6.07, 6.45) is 5.14. The van der Waals surface area contributed by atoms with Crippen LogP contribution in [-0.4, -0.2) is 4.92 Å². The number of nitrogens with zero attached hydrogens (tertiary/aromatic N) is 1. The number of allylic oxidation sites excluding steroid dienone is 2. The predicted octanol–water partition coefficient (Wildman–Crippen LogP) is 5.73. The SMILES string of the molecule is O=[N+]([O-])c1ccccc1C1Nc2c(Cl)cc(Cl)cc2C2C=CCC21. The van der Waals surface area contributed by atoms with E-state index in [-0.39, 0.29) is 28.5 Å². The van der Waals surface area contributed by atoms with Crippen molar-refractivity contribution in [3.8, 4) is 0 Å². The number of para-hydroxylation sites is 1. The molecule has 0 saturated heterocycles. The highest BCUT2D eigenvalue weighted by Gasteiger charge is 2.40. The number of nitrogens with one attached hydrogen (secondary N) is 1. The molecule has 0 fully saturated rings. The molecular formula is C18H14Cl2N2O2. The van der Waals surface area contributed by atoms with Gasteiger partial charge in [0.05, 0.1) is 27.2 Å². The lowest BCUT2D eigenvalue weighted by molar-refractivity contribution is -0.385. The molecule has 0 amide bonds. The van der Waals surface area contributed by atoms with Crippen molar-refractivity contribution in [2.75, 3.05) is 5.32 Å². The molecule has 1 heterocycles. The third-order valence-corrected chi connectivity index (χ3v) is 5.37. The maximum atomic E-state index is 11.4. The van der Waals surface area contributed by atoms with E-state index >= 15 is 0 Å². The Balaban J connectivity index is 1.86. The summed E-state index contributed by atoms with van der Waals surface area (Å²) in [4.78, 5) is 11.1. The Hall–Kier alpha value is -2.04. The van der Waals surface area contributed by atoms with Crippen molar-refractivity contribution in [3.05, 3.63) is 79.8 Å². The van der Waals surface area contributed by atoms with Crippen molar-refractivity contribution in [1.29, 1.82) is 0 Å². The fourth-order valence-corrected chi connectivity index (χ4v) is 4.41. The van der Waals surface area contributed by atoms with E-state index in [2.05, 4.69) is 17.5 Å². The highest BCUT2D eigenvalue weighted by molar-refractivity contribution is 6.36. The minimum absolute atomic E-state index is 0.134. The molecule has 0 bridgehead atoms. The van der Waals surface area contributed by atoms with E-state index in [0.29, 0.717) is 15.6 Å². The van der Waals surface area contributed by atoms with Crippen molar-refractivity contribution in [2.45, 2.75) is 18.4 Å². The molecule has 24 heavy (non-hydrogen) atoms. The van der Waals surface area contributed by atoms with E-state index in [9.17, 15) is 10.1 Å². The summed E-state index contributed by atoms with van der Waals surface area (Å²) in [5, 5.41) is 16.0. The number of anilines is 1. The fraction of sp³-hybridized carbons (Fsp3) is 0.222. The van der Waals surface area contributed by atoms with Crippen LogP contribution in [0.3, 0.4) is 0 Å². The van der Waals surface area contributed by atoms with Crippen LogP contribution in [0.4, 0.5) is 11.4 Å². The quantitative estimate of drug-likeness (QED) is 0.422. The van der Waals surface area contributed by atoms with Crippen LogP contribution in [0.25, 0.3) is 0 Å². The number of nitro groups is 1. The van der Waals surface area contributed by atoms with Crippen LogP contribution in [0.2, 0.25) is 10.0 Å². The molecule has 2 aliphatic rings. The second-order valence-corrected chi connectivity index (χ2v) is 6.99. The summed E-state index contributed by atoms with van der Waals surface area (Å²) < 4.78 is 0. The molecule has 1 aliphatic carbocycles. The summed E-state index contributed by atoms with van der Waals surface area (Å²) in [6.45, 7) is 0. The second kappa shape index (κ2) is 5.80. The Morgan fingerprint density at radius 3 is 2.75 bits per heavy atom. The lowest BCUT2D eigenvalue weighted by atomic mass is 9.76. The molecular weight excluding hydrogens is 347 g/mol. The number of rotatable bonds is 2. The standard InChI is InChI=1S/C18H14Cl2N2O2/c19-10-8-14-11-5-3-6-12(11)17(21-18(14)15(20)9-10)13-4-1-2-7-16(13)22(23)24/h1-5,7-9,11-12,17,21H,6H2. The highest BCUT2D eigenvalue weighted by atomic mass is 35.5. The zero-order chi connectivity index (χ0) is 16.8. The van der Waals surface area contributed by atoms with Gasteiger partial charge in [0.25, 0.3) is 5.69 Å². The van der Waals surface area contributed by atoms with Crippen LogP contribution in [0.15, 0.2) is 48.6 Å². The maximum absolute atomic E-state index is 11.4. The van der Waals surface area contributed by atoms with Crippen molar-refractivity contribution in [3.63, 3.8) is 0 Å². The van der Waals surface area contributed by atoms with Gasteiger partial charge < -0.3 is 5.32 Å². The summed E-state index contributed by atoms with van der Waals surface area (Å²) in [7, 11) is 0. The number of halogens is 2. The molecule has 0 aromatic heterocycles. The van der Waals surface area contributed by atoms with Gasteiger partial charge in [-0.25, -0.2) is 0 Å². The number of fused-ring (bicyclic) bond motifs is 3. The molecule has 0 spiro atoms. The van der Waals surface area contributed by atoms with Crippen LogP contribution in [0.5, 0.6) is 0 Å². The van der Waals surface area contributed by atoms with Gasteiger partial charge in [0.1, 0.15) is 0 Å². The van der Waals surface area contributed by atoms with Gasteiger partial charge in [0.2, 0.25) is 0 Å². The Labute approximate surface area is 149 Å². The van der Waals surface area contributed by atoms with Crippen LogP contribution in [-0.2, 0) is 0 Å². The van der Waals surface area contributed by atoms with Gasteiger partial charge in [-0.1, -0.05) is 53.6 Å². The average Bonchev–Trinajstić information content (AvgIpc) is 3.04. The molecule has 1 aliphatic heterocycles. The second-order valence-electron chi connectivity index (χ2n) is 6.14. The van der Waals surface area contributed by atoms with Crippen molar-refractivity contribution in [1.82, 2.24) is 0 Å². The maximum Gasteiger partial charge on any atom is 0.274 e. The minimum Gasteiger partial charge on any atom is -0.376 e. The normalized spacial score (nSPS) is 24.2. The molecule has 0 radical (unpaired) electrons. The fourth-order valence-electron chi connectivity index (χ4n) is 3.85. The zero-order valence-electron chi connectivity index (χ0n) is 12.6. The van der Waals surface area contributed by atoms with E-state index in [1.165, 1.54) is 0 Å². The summed E-state index contributed by atoms with van der Waals surface area (Å²) in [5.41, 5.74) is 2.70. The van der Waals surface area contributed by atoms with E-state index in [4.69, 9.17) is 23.2 Å². The monoisotopic (exact) mass is 360 g/mol. The minimum atomic E-state index is -0.326. The first-order valence-corrected chi connectivity index (χ1v) is 8.47. The van der Waals surface area contributed by atoms with Gasteiger partial charge in [-0.3, -0.25) is 10.1 Å². The number of hydrogen-bond donors (Lipinski definition) is 1. The Morgan fingerprint density at radius 1 is 1.17 bits per heavy atom. The first kappa shape index (κ1) is 15.5. The third-order valence-electron chi connectivity index (χ3n) is 4.85.